The van der Waals surface area contributed by atoms with E-state index in [9.17, 15) is 0 Å². The summed E-state index contributed by atoms with van der Waals surface area (Å²) in [7, 11) is 1.76. The van der Waals surface area contributed by atoms with Crippen molar-refractivity contribution in [2.75, 3.05) is 40.0 Å². The first-order chi connectivity index (χ1) is 7.81. The molecule has 3 N–H and O–H groups in total. The van der Waals surface area contributed by atoms with Gasteiger partial charge in [0.05, 0.1) is 6.61 Å². The van der Waals surface area contributed by atoms with Crippen molar-refractivity contribution in [1.82, 2.24) is 4.90 Å². The van der Waals surface area contributed by atoms with Gasteiger partial charge in [0.15, 0.2) is 0 Å². The van der Waals surface area contributed by atoms with E-state index in [1.54, 1.807) is 7.11 Å². The van der Waals surface area contributed by atoms with Gasteiger partial charge in [0.2, 0.25) is 0 Å². The summed E-state index contributed by atoms with van der Waals surface area (Å²) < 4.78 is 5.28. The van der Waals surface area contributed by atoms with E-state index in [4.69, 9.17) is 15.6 Å². The summed E-state index contributed by atoms with van der Waals surface area (Å²) in [6.45, 7) is 4.07. The number of aliphatic hydroxyl groups excluding tert-OH is 1. The predicted octanol–water partition coefficient (Wildman–Crippen LogP) is 0.445. The average molecular weight is 230 g/mol. The minimum absolute atomic E-state index is 0.339. The van der Waals surface area contributed by atoms with Crippen molar-refractivity contribution in [3.05, 3.63) is 0 Å². The lowest BCUT2D eigenvalue weighted by atomic mass is 9.96. The van der Waals surface area contributed by atoms with Crippen molar-refractivity contribution in [3.63, 3.8) is 0 Å². The fourth-order valence-electron chi connectivity index (χ4n) is 2.42. The Bertz CT molecular complexity index is 170. The maximum Gasteiger partial charge on any atom is 0.0618 e. The molecule has 0 aliphatic carbocycles. The Morgan fingerprint density at radius 3 is 2.62 bits per heavy atom. The molecule has 1 aliphatic heterocycles. The van der Waals surface area contributed by atoms with E-state index in [0.29, 0.717) is 18.6 Å². The highest BCUT2D eigenvalue weighted by Crippen LogP contribution is 2.20. The summed E-state index contributed by atoms with van der Waals surface area (Å²) in [4.78, 5) is 2.49. The maximum absolute atomic E-state index is 9.10. The first-order valence-electron chi connectivity index (χ1n) is 6.35. The monoisotopic (exact) mass is 230 g/mol. The molecule has 1 atom stereocenters. The minimum atomic E-state index is 0.339. The molecule has 0 aromatic carbocycles. The number of hydrogen-bond acceptors (Lipinski definition) is 4. The number of aliphatic hydroxyl groups is 1. The molecule has 0 radical (unpaired) electrons. The van der Waals surface area contributed by atoms with E-state index in [2.05, 4.69) is 4.90 Å². The molecular weight excluding hydrogens is 204 g/mol. The number of nitrogens with zero attached hydrogens (tertiary/aromatic N) is 1. The van der Waals surface area contributed by atoms with Crippen LogP contribution in [-0.2, 0) is 4.74 Å². The quantitative estimate of drug-likeness (QED) is 0.666. The van der Waals surface area contributed by atoms with Crippen LogP contribution in [-0.4, -0.2) is 56.0 Å². The third-order valence-corrected chi connectivity index (χ3v) is 3.52. The Labute approximate surface area is 98.8 Å². The largest absolute Gasteiger partial charge is 0.396 e. The van der Waals surface area contributed by atoms with Crippen LogP contribution in [0.1, 0.15) is 25.7 Å². The zero-order valence-corrected chi connectivity index (χ0v) is 10.4. The summed E-state index contributed by atoms with van der Waals surface area (Å²) in [5, 5.41) is 9.10. The number of ether oxygens (including phenoxy) is 1. The van der Waals surface area contributed by atoms with Crippen LogP contribution in [0.5, 0.6) is 0 Å². The number of methoxy groups -OCH3 is 1. The smallest absolute Gasteiger partial charge is 0.0618 e. The molecule has 0 aromatic heterocycles. The normalized spacial score (nSPS) is 21.2. The molecule has 96 valence electrons. The molecule has 0 saturated carbocycles. The van der Waals surface area contributed by atoms with Gasteiger partial charge in [0.25, 0.3) is 0 Å². The Morgan fingerprint density at radius 1 is 1.44 bits per heavy atom. The zero-order chi connectivity index (χ0) is 11.8. The molecule has 0 bridgehead atoms. The van der Waals surface area contributed by atoms with E-state index in [1.807, 2.05) is 0 Å². The molecule has 16 heavy (non-hydrogen) atoms. The molecule has 4 heteroatoms. The molecule has 1 fully saturated rings. The highest BCUT2D eigenvalue weighted by atomic mass is 16.5. The van der Waals surface area contributed by atoms with E-state index >= 15 is 0 Å². The van der Waals surface area contributed by atoms with Gasteiger partial charge in [-0.15, -0.1) is 0 Å². The highest BCUT2D eigenvalue weighted by Gasteiger charge is 2.24. The Hall–Kier alpha value is -0.160. The van der Waals surface area contributed by atoms with Gasteiger partial charge >= 0.3 is 0 Å². The molecular formula is C12H26N2O2. The van der Waals surface area contributed by atoms with Crippen LogP contribution < -0.4 is 5.73 Å². The summed E-state index contributed by atoms with van der Waals surface area (Å²) in [5.74, 6) is 0.508. The number of nitrogens with two attached hydrogens (primary N) is 1. The second kappa shape index (κ2) is 8.01. The lowest BCUT2D eigenvalue weighted by molar-refractivity contribution is 0.0494. The van der Waals surface area contributed by atoms with Crippen molar-refractivity contribution in [2.24, 2.45) is 11.7 Å². The Kier molecular flexibility index (Phi) is 6.96. The first kappa shape index (κ1) is 13.9. The topological polar surface area (TPSA) is 58.7 Å². The third-order valence-electron chi connectivity index (χ3n) is 3.52. The average Bonchev–Trinajstić information content (AvgIpc) is 2.35. The molecule has 0 amide bonds. The van der Waals surface area contributed by atoms with Gasteiger partial charge in [-0.05, 0) is 51.2 Å². The van der Waals surface area contributed by atoms with Gasteiger partial charge in [-0.3, -0.25) is 4.90 Å². The number of hydrogen-bond donors (Lipinski definition) is 2. The van der Waals surface area contributed by atoms with Gasteiger partial charge < -0.3 is 15.6 Å². The van der Waals surface area contributed by atoms with Crippen molar-refractivity contribution in [1.29, 1.82) is 0 Å². The van der Waals surface area contributed by atoms with Crippen molar-refractivity contribution >= 4 is 0 Å². The number of likely N-dealkylation sites (tertiary alicyclic amines) is 1. The lowest BCUT2D eigenvalue weighted by Crippen LogP contribution is -2.44. The van der Waals surface area contributed by atoms with Gasteiger partial charge in [-0.25, -0.2) is 0 Å². The maximum atomic E-state index is 9.10. The van der Waals surface area contributed by atoms with Crippen LogP contribution in [0.3, 0.4) is 0 Å². The van der Waals surface area contributed by atoms with E-state index in [0.717, 1.165) is 51.9 Å². The van der Waals surface area contributed by atoms with Crippen LogP contribution in [0.2, 0.25) is 0 Å². The highest BCUT2D eigenvalue weighted by molar-refractivity contribution is 4.78. The standard InChI is InChI=1S/C12H26N2O2/c1-16-10-12(3-2-6-13)14-7-4-11(9-15)5-8-14/h11-12,15H,2-10,13H2,1H3. The second-order valence-corrected chi connectivity index (χ2v) is 4.70. The van der Waals surface area contributed by atoms with E-state index in [1.165, 1.54) is 0 Å². The first-order valence-corrected chi connectivity index (χ1v) is 6.35. The number of piperidine rings is 1. The third kappa shape index (κ3) is 4.37. The molecule has 1 heterocycles. The predicted molar refractivity (Wildman–Crippen MR) is 65.3 cm³/mol. The van der Waals surface area contributed by atoms with E-state index in [-0.39, 0.29) is 0 Å². The number of rotatable bonds is 7. The van der Waals surface area contributed by atoms with Gasteiger partial charge in [-0.1, -0.05) is 0 Å². The minimum Gasteiger partial charge on any atom is -0.396 e. The van der Waals surface area contributed by atoms with E-state index < -0.39 is 0 Å². The molecule has 1 rings (SSSR count). The SMILES string of the molecule is COCC(CCCN)N1CCC(CO)CC1. The lowest BCUT2D eigenvalue weighted by Gasteiger charge is -2.37. The zero-order valence-electron chi connectivity index (χ0n) is 10.4. The van der Waals surface area contributed by atoms with Gasteiger partial charge in [-0.2, -0.15) is 0 Å². The van der Waals surface area contributed by atoms with Crippen LogP contribution in [0.4, 0.5) is 0 Å². The second-order valence-electron chi connectivity index (χ2n) is 4.70. The van der Waals surface area contributed by atoms with Crippen molar-refractivity contribution in [3.8, 4) is 0 Å². The van der Waals surface area contributed by atoms with Crippen LogP contribution >= 0.6 is 0 Å². The van der Waals surface area contributed by atoms with Gasteiger partial charge in [0.1, 0.15) is 0 Å². The van der Waals surface area contributed by atoms with Crippen molar-refractivity contribution < 1.29 is 9.84 Å². The molecule has 4 nitrogen and oxygen atoms in total. The molecule has 1 saturated heterocycles. The summed E-state index contributed by atoms with van der Waals surface area (Å²) >= 11 is 0. The fraction of sp³-hybridized carbons (Fsp3) is 1.00. The van der Waals surface area contributed by atoms with Crippen LogP contribution in [0.15, 0.2) is 0 Å². The summed E-state index contributed by atoms with van der Waals surface area (Å²) in [6, 6.07) is 0.508. The Balaban J connectivity index is 2.33. The Morgan fingerprint density at radius 2 is 2.12 bits per heavy atom. The van der Waals surface area contributed by atoms with Crippen LogP contribution in [0, 0.1) is 5.92 Å². The fourth-order valence-corrected chi connectivity index (χ4v) is 2.42. The van der Waals surface area contributed by atoms with Gasteiger partial charge in [0, 0.05) is 19.8 Å². The molecule has 0 spiro atoms. The van der Waals surface area contributed by atoms with Crippen LogP contribution in [0.25, 0.3) is 0 Å². The summed E-state index contributed by atoms with van der Waals surface area (Å²) in [6.07, 6.45) is 4.40. The molecule has 1 aliphatic rings. The summed E-state index contributed by atoms with van der Waals surface area (Å²) in [5.41, 5.74) is 5.55. The molecule has 1 unspecified atom stereocenters. The van der Waals surface area contributed by atoms with Crippen molar-refractivity contribution in [2.45, 2.75) is 31.7 Å². The molecule has 0 aromatic rings.